The Bertz CT molecular complexity index is 160. The SMILES string of the molecule is C=C[C@H](C)C1C=CC[C@@H](F)C1. The summed E-state index contributed by atoms with van der Waals surface area (Å²) in [6.07, 6.45) is 6.59. The van der Waals surface area contributed by atoms with Crippen molar-refractivity contribution >= 4 is 0 Å². The highest BCUT2D eigenvalue weighted by Gasteiger charge is 2.19. The minimum absolute atomic E-state index is 0.372. The Morgan fingerprint density at radius 1 is 1.73 bits per heavy atom. The molecule has 0 amide bonds. The molecule has 0 aromatic heterocycles. The van der Waals surface area contributed by atoms with Crippen LogP contribution in [0.25, 0.3) is 0 Å². The highest BCUT2D eigenvalue weighted by atomic mass is 19.1. The fraction of sp³-hybridized carbons (Fsp3) is 0.600. The normalized spacial score (nSPS) is 33.3. The quantitative estimate of drug-likeness (QED) is 0.536. The van der Waals surface area contributed by atoms with Crippen molar-refractivity contribution in [3.05, 3.63) is 24.8 Å². The average Bonchev–Trinajstić information content (AvgIpc) is 2.03. The van der Waals surface area contributed by atoms with Crippen LogP contribution in [0.4, 0.5) is 4.39 Å². The van der Waals surface area contributed by atoms with Gasteiger partial charge in [0.05, 0.1) is 0 Å². The van der Waals surface area contributed by atoms with Gasteiger partial charge in [0, 0.05) is 0 Å². The van der Waals surface area contributed by atoms with Crippen LogP contribution in [-0.4, -0.2) is 6.17 Å². The molecule has 0 aromatic carbocycles. The number of allylic oxidation sites excluding steroid dienone is 3. The zero-order chi connectivity index (χ0) is 8.27. The topological polar surface area (TPSA) is 0 Å². The van der Waals surface area contributed by atoms with Crippen molar-refractivity contribution in [3.8, 4) is 0 Å². The van der Waals surface area contributed by atoms with E-state index in [1.165, 1.54) is 0 Å². The molecule has 1 rings (SSSR count). The van der Waals surface area contributed by atoms with Crippen LogP contribution < -0.4 is 0 Å². The van der Waals surface area contributed by atoms with Gasteiger partial charge in [-0.1, -0.05) is 25.2 Å². The molecule has 0 fully saturated rings. The lowest BCUT2D eigenvalue weighted by Gasteiger charge is -2.22. The van der Waals surface area contributed by atoms with Gasteiger partial charge < -0.3 is 0 Å². The van der Waals surface area contributed by atoms with Gasteiger partial charge in [-0.3, -0.25) is 0 Å². The Morgan fingerprint density at radius 3 is 3.00 bits per heavy atom. The molecule has 0 nitrogen and oxygen atoms in total. The monoisotopic (exact) mass is 154 g/mol. The average molecular weight is 154 g/mol. The van der Waals surface area contributed by atoms with Crippen molar-refractivity contribution in [3.63, 3.8) is 0 Å². The zero-order valence-electron chi connectivity index (χ0n) is 6.96. The van der Waals surface area contributed by atoms with E-state index in [9.17, 15) is 4.39 Å². The number of hydrogen-bond donors (Lipinski definition) is 0. The Kier molecular flexibility index (Phi) is 2.86. The molecule has 0 bridgehead atoms. The highest BCUT2D eigenvalue weighted by molar-refractivity contribution is 5.01. The summed E-state index contributed by atoms with van der Waals surface area (Å²) in [5.74, 6) is 0.779. The van der Waals surface area contributed by atoms with Crippen LogP contribution in [0.1, 0.15) is 19.8 Å². The molecule has 0 saturated carbocycles. The van der Waals surface area contributed by atoms with E-state index in [4.69, 9.17) is 0 Å². The van der Waals surface area contributed by atoms with Crippen molar-refractivity contribution in [2.24, 2.45) is 11.8 Å². The van der Waals surface area contributed by atoms with Gasteiger partial charge in [0.1, 0.15) is 6.17 Å². The zero-order valence-corrected chi connectivity index (χ0v) is 6.96. The van der Waals surface area contributed by atoms with Crippen LogP contribution in [0.15, 0.2) is 24.8 Å². The molecule has 0 heterocycles. The number of hydrogen-bond acceptors (Lipinski definition) is 0. The number of halogens is 1. The second kappa shape index (κ2) is 3.70. The maximum atomic E-state index is 12.8. The van der Waals surface area contributed by atoms with Gasteiger partial charge in [-0.05, 0) is 24.7 Å². The number of alkyl halides is 1. The van der Waals surface area contributed by atoms with E-state index in [0.29, 0.717) is 24.7 Å². The third-order valence-corrected chi connectivity index (χ3v) is 2.35. The smallest absolute Gasteiger partial charge is 0.104 e. The molecular weight excluding hydrogens is 139 g/mol. The van der Waals surface area contributed by atoms with Gasteiger partial charge in [0.2, 0.25) is 0 Å². The third kappa shape index (κ3) is 2.18. The molecule has 11 heavy (non-hydrogen) atoms. The minimum atomic E-state index is -0.632. The minimum Gasteiger partial charge on any atom is -0.247 e. The molecule has 1 unspecified atom stereocenters. The first-order chi connectivity index (χ1) is 5.24. The van der Waals surface area contributed by atoms with Crippen LogP contribution in [0.5, 0.6) is 0 Å². The fourth-order valence-corrected chi connectivity index (χ4v) is 1.44. The molecule has 3 atom stereocenters. The molecule has 1 heteroatoms. The van der Waals surface area contributed by atoms with Gasteiger partial charge >= 0.3 is 0 Å². The Balaban J connectivity index is 2.52. The molecule has 62 valence electrons. The third-order valence-electron chi connectivity index (χ3n) is 2.35. The largest absolute Gasteiger partial charge is 0.247 e. The molecule has 0 aromatic rings. The second-order valence-electron chi connectivity index (χ2n) is 3.26. The summed E-state index contributed by atoms with van der Waals surface area (Å²) in [7, 11) is 0. The first kappa shape index (κ1) is 8.51. The van der Waals surface area contributed by atoms with Gasteiger partial charge in [-0.2, -0.15) is 0 Å². The lowest BCUT2D eigenvalue weighted by atomic mass is 9.85. The van der Waals surface area contributed by atoms with Gasteiger partial charge in [-0.25, -0.2) is 4.39 Å². The van der Waals surface area contributed by atoms with Crippen molar-refractivity contribution < 1.29 is 4.39 Å². The van der Waals surface area contributed by atoms with E-state index < -0.39 is 6.17 Å². The van der Waals surface area contributed by atoms with Crippen LogP contribution in [0.2, 0.25) is 0 Å². The van der Waals surface area contributed by atoms with Crippen LogP contribution in [-0.2, 0) is 0 Å². The van der Waals surface area contributed by atoms with E-state index in [1.807, 2.05) is 12.2 Å². The number of rotatable bonds is 2. The van der Waals surface area contributed by atoms with Crippen molar-refractivity contribution in [2.45, 2.75) is 25.9 Å². The van der Waals surface area contributed by atoms with Gasteiger partial charge in [-0.15, -0.1) is 6.58 Å². The Labute approximate surface area is 67.8 Å². The summed E-state index contributed by atoms with van der Waals surface area (Å²) < 4.78 is 12.8. The lowest BCUT2D eigenvalue weighted by molar-refractivity contribution is 0.258. The highest BCUT2D eigenvalue weighted by Crippen LogP contribution is 2.26. The second-order valence-corrected chi connectivity index (χ2v) is 3.26. The van der Waals surface area contributed by atoms with Crippen molar-refractivity contribution in [2.75, 3.05) is 0 Å². The van der Waals surface area contributed by atoms with Crippen LogP contribution in [0.3, 0.4) is 0 Å². The molecule has 1 aliphatic carbocycles. The first-order valence-electron chi connectivity index (χ1n) is 4.17. The molecule has 0 aliphatic heterocycles. The predicted molar refractivity (Wildman–Crippen MR) is 46.1 cm³/mol. The predicted octanol–water partition coefficient (Wildman–Crippen LogP) is 3.11. The molecule has 0 radical (unpaired) electrons. The van der Waals surface area contributed by atoms with E-state index in [2.05, 4.69) is 19.6 Å². The summed E-state index contributed by atoms with van der Waals surface area (Å²) in [6.45, 7) is 5.79. The standard InChI is InChI=1S/C10H15F/c1-3-8(2)9-5-4-6-10(11)7-9/h3-5,8-10H,1,6-7H2,2H3/t8-,9?,10+/m0/s1. The van der Waals surface area contributed by atoms with E-state index in [-0.39, 0.29) is 0 Å². The molecular formula is C10H15F. The Morgan fingerprint density at radius 2 is 2.45 bits per heavy atom. The molecule has 0 spiro atoms. The Hall–Kier alpha value is -0.590. The summed E-state index contributed by atoms with van der Waals surface area (Å²) in [6, 6.07) is 0. The van der Waals surface area contributed by atoms with Crippen molar-refractivity contribution in [1.29, 1.82) is 0 Å². The maximum Gasteiger partial charge on any atom is 0.104 e. The van der Waals surface area contributed by atoms with Gasteiger partial charge in [0.15, 0.2) is 0 Å². The van der Waals surface area contributed by atoms with E-state index >= 15 is 0 Å². The molecule has 0 N–H and O–H groups in total. The van der Waals surface area contributed by atoms with E-state index in [0.717, 1.165) is 0 Å². The summed E-state index contributed by atoms with van der Waals surface area (Å²) in [4.78, 5) is 0. The van der Waals surface area contributed by atoms with Crippen LogP contribution in [0, 0.1) is 11.8 Å². The maximum absolute atomic E-state index is 12.8. The van der Waals surface area contributed by atoms with Gasteiger partial charge in [0.25, 0.3) is 0 Å². The molecule has 1 aliphatic rings. The molecule has 0 saturated heterocycles. The fourth-order valence-electron chi connectivity index (χ4n) is 1.44. The van der Waals surface area contributed by atoms with E-state index in [1.54, 1.807) is 0 Å². The lowest BCUT2D eigenvalue weighted by Crippen LogP contribution is -2.16. The summed E-state index contributed by atoms with van der Waals surface area (Å²) >= 11 is 0. The first-order valence-corrected chi connectivity index (χ1v) is 4.17. The summed E-state index contributed by atoms with van der Waals surface area (Å²) in [5, 5.41) is 0. The summed E-state index contributed by atoms with van der Waals surface area (Å²) in [5.41, 5.74) is 0. The van der Waals surface area contributed by atoms with Crippen molar-refractivity contribution in [1.82, 2.24) is 0 Å². The van der Waals surface area contributed by atoms with Crippen LogP contribution >= 0.6 is 0 Å².